The molecule has 5 nitrogen and oxygen atoms in total. The lowest BCUT2D eigenvalue weighted by molar-refractivity contribution is -0.115. The van der Waals surface area contributed by atoms with E-state index in [1.54, 1.807) is 11.3 Å². The monoisotopic (exact) mass is 400 g/mol. The fourth-order valence-corrected chi connectivity index (χ4v) is 4.85. The van der Waals surface area contributed by atoms with Crippen LogP contribution in [0.2, 0.25) is 0 Å². The summed E-state index contributed by atoms with van der Waals surface area (Å²) in [6, 6.07) is 9.94. The number of aromatic nitrogens is 3. The summed E-state index contributed by atoms with van der Waals surface area (Å²) in [7, 11) is 0. The number of imidazole rings is 1. The van der Waals surface area contributed by atoms with Crippen LogP contribution in [0, 0.1) is 5.92 Å². The second kappa shape index (κ2) is 6.94. The highest BCUT2D eigenvalue weighted by atomic mass is 32.2. The first-order valence-corrected chi connectivity index (χ1v) is 10.2. The minimum absolute atomic E-state index is 0.174. The van der Waals surface area contributed by atoms with Crippen molar-refractivity contribution in [3.05, 3.63) is 45.9 Å². The van der Waals surface area contributed by atoms with Crippen molar-refractivity contribution in [3.8, 4) is 11.3 Å². The smallest absolute Gasteiger partial charge is 0.263 e. The first kappa shape index (κ1) is 17.4. The minimum atomic E-state index is -0.174. The van der Waals surface area contributed by atoms with Crippen LogP contribution < -0.4 is 5.32 Å². The lowest BCUT2D eigenvalue weighted by Crippen LogP contribution is -2.17. The summed E-state index contributed by atoms with van der Waals surface area (Å²) in [6.07, 6.45) is 2.74. The van der Waals surface area contributed by atoms with Gasteiger partial charge in [-0.05, 0) is 12.0 Å². The Bertz CT molecular complexity index is 1030. The molecule has 1 amide bonds. The zero-order valence-electron chi connectivity index (χ0n) is 14.2. The molecule has 4 rings (SSSR count). The van der Waals surface area contributed by atoms with Gasteiger partial charge in [-0.25, -0.2) is 9.50 Å². The van der Waals surface area contributed by atoms with E-state index in [1.165, 1.54) is 11.8 Å². The Labute approximate surface area is 164 Å². The van der Waals surface area contributed by atoms with E-state index < -0.39 is 0 Å². The van der Waals surface area contributed by atoms with Gasteiger partial charge in [-0.1, -0.05) is 79.5 Å². The number of fused-ring (bicyclic) bond motifs is 1. The third kappa shape index (κ3) is 3.32. The number of hydrogen-bond donors (Lipinski definition) is 1. The van der Waals surface area contributed by atoms with Crippen molar-refractivity contribution in [1.29, 1.82) is 0 Å². The molecule has 1 aromatic carbocycles. The Kier molecular flexibility index (Phi) is 4.64. The molecular weight excluding hydrogens is 384 g/mol. The zero-order chi connectivity index (χ0) is 18.3. The number of benzene rings is 1. The van der Waals surface area contributed by atoms with Crippen LogP contribution >= 0.6 is 35.3 Å². The average molecular weight is 401 g/mol. The van der Waals surface area contributed by atoms with Crippen molar-refractivity contribution in [3.63, 3.8) is 0 Å². The molecule has 0 radical (unpaired) electrons. The van der Waals surface area contributed by atoms with E-state index in [4.69, 9.17) is 22.3 Å². The quantitative estimate of drug-likeness (QED) is 0.527. The van der Waals surface area contributed by atoms with Crippen LogP contribution in [0.4, 0.5) is 0 Å². The van der Waals surface area contributed by atoms with Crippen molar-refractivity contribution in [1.82, 2.24) is 19.9 Å². The average Bonchev–Trinajstić information content (AvgIpc) is 3.22. The van der Waals surface area contributed by atoms with Crippen LogP contribution in [0.5, 0.6) is 0 Å². The first-order valence-electron chi connectivity index (χ1n) is 8.20. The zero-order valence-corrected chi connectivity index (χ0v) is 16.7. The number of thiocarbonyl (C=S) groups is 1. The molecule has 0 aliphatic carbocycles. The molecule has 1 N–H and O–H groups in total. The van der Waals surface area contributed by atoms with Crippen LogP contribution in [0.1, 0.15) is 24.5 Å². The molecule has 132 valence electrons. The van der Waals surface area contributed by atoms with Crippen LogP contribution in [-0.4, -0.2) is 24.8 Å². The first-order chi connectivity index (χ1) is 12.5. The predicted octanol–water partition coefficient (Wildman–Crippen LogP) is 4.15. The van der Waals surface area contributed by atoms with Gasteiger partial charge in [-0.2, -0.15) is 5.10 Å². The topological polar surface area (TPSA) is 59.3 Å². The van der Waals surface area contributed by atoms with Crippen molar-refractivity contribution >= 4 is 56.6 Å². The summed E-state index contributed by atoms with van der Waals surface area (Å²) in [4.78, 5) is 18.3. The number of nitrogens with zero attached hydrogens (tertiary/aromatic N) is 3. The van der Waals surface area contributed by atoms with Crippen LogP contribution in [0.25, 0.3) is 22.3 Å². The molecule has 0 bridgehead atoms. The molecular formula is C18H16N4OS3. The van der Waals surface area contributed by atoms with Gasteiger partial charge in [0.05, 0.1) is 16.3 Å². The number of rotatable bonds is 4. The van der Waals surface area contributed by atoms with E-state index in [1.807, 2.05) is 40.9 Å². The Balaban J connectivity index is 1.88. The van der Waals surface area contributed by atoms with Crippen LogP contribution in [0.3, 0.4) is 0 Å². The molecule has 26 heavy (non-hydrogen) atoms. The maximum Gasteiger partial charge on any atom is 0.263 e. The van der Waals surface area contributed by atoms with Crippen molar-refractivity contribution < 1.29 is 4.79 Å². The van der Waals surface area contributed by atoms with Crippen molar-refractivity contribution in [2.75, 3.05) is 0 Å². The molecule has 2 aromatic heterocycles. The lowest BCUT2D eigenvalue weighted by atomic mass is 10.1. The molecule has 1 saturated heterocycles. The van der Waals surface area contributed by atoms with Gasteiger partial charge >= 0.3 is 0 Å². The van der Waals surface area contributed by atoms with E-state index in [2.05, 4.69) is 19.2 Å². The van der Waals surface area contributed by atoms with Crippen molar-refractivity contribution in [2.45, 2.75) is 20.3 Å². The Morgan fingerprint density at radius 2 is 2.08 bits per heavy atom. The summed E-state index contributed by atoms with van der Waals surface area (Å²) in [5.41, 5.74) is 2.62. The van der Waals surface area contributed by atoms with E-state index in [-0.39, 0.29) is 5.91 Å². The second-order valence-corrected chi connectivity index (χ2v) is 9.11. The molecule has 1 aliphatic rings. The number of carbonyl (C=O) groups excluding carboxylic acids is 1. The molecule has 0 saturated carbocycles. The fraction of sp³-hybridized carbons (Fsp3) is 0.222. The largest absolute Gasteiger partial charge is 0.307 e. The summed E-state index contributed by atoms with van der Waals surface area (Å²) < 4.78 is 2.31. The molecule has 3 aromatic rings. The highest BCUT2D eigenvalue weighted by Crippen LogP contribution is 2.32. The van der Waals surface area contributed by atoms with Gasteiger partial charge < -0.3 is 5.32 Å². The summed E-state index contributed by atoms with van der Waals surface area (Å²) in [5.74, 6) is 0.349. The van der Waals surface area contributed by atoms with Crippen molar-refractivity contribution in [2.24, 2.45) is 5.92 Å². The van der Waals surface area contributed by atoms with Gasteiger partial charge in [-0.3, -0.25) is 4.79 Å². The number of carbonyl (C=O) groups is 1. The molecule has 0 spiro atoms. The number of thioether (sulfide) groups is 1. The number of nitrogens with one attached hydrogen (secondary N) is 1. The van der Waals surface area contributed by atoms with Crippen LogP contribution in [0.15, 0.2) is 35.2 Å². The molecule has 8 heteroatoms. The van der Waals surface area contributed by atoms with Gasteiger partial charge in [0, 0.05) is 12.0 Å². The number of hydrogen-bond acceptors (Lipinski definition) is 6. The maximum atomic E-state index is 12.1. The standard InChI is InChI=1S/C18H16N4OS3/c1-10(2)8-14-21-22-12(9-13-16(23)20-18(24)25-13)15(19-17(22)26-14)11-6-4-3-5-7-11/h3-7,9-10H,8H2,1-2H3,(H,20,23,24)/b13-9+. The third-order valence-electron chi connectivity index (χ3n) is 3.82. The molecule has 0 atom stereocenters. The highest BCUT2D eigenvalue weighted by Gasteiger charge is 2.25. The van der Waals surface area contributed by atoms with Gasteiger partial charge in [0.1, 0.15) is 9.33 Å². The van der Waals surface area contributed by atoms with Gasteiger partial charge in [0.2, 0.25) is 4.96 Å². The summed E-state index contributed by atoms with van der Waals surface area (Å²) in [6.45, 7) is 4.34. The Morgan fingerprint density at radius 3 is 2.73 bits per heavy atom. The third-order valence-corrected chi connectivity index (χ3v) is 5.91. The van der Waals surface area contributed by atoms with E-state index in [0.717, 1.165) is 33.3 Å². The van der Waals surface area contributed by atoms with Gasteiger partial charge in [0.25, 0.3) is 5.91 Å². The summed E-state index contributed by atoms with van der Waals surface area (Å²) >= 11 is 7.96. The SMILES string of the molecule is CC(C)Cc1nn2c(/C=C3/SC(=S)NC3=O)c(-c3ccccc3)nc2s1. The maximum absolute atomic E-state index is 12.1. The predicted molar refractivity (Wildman–Crippen MR) is 111 cm³/mol. The highest BCUT2D eigenvalue weighted by molar-refractivity contribution is 8.26. The lowest BCUT2D eigenvalue weighted by Gasteiger charge is -2.01. The molecule has 3 heterocycles. The van der Waals surface area contributed by atoms with Crippen LogP contribution in [-0.2, 0) is 11.2 Å². The molecule has 1 fully saturated rings. The van der Waals surface area contributed by atoms with Gasteiger partial charge in [-0.15, -0.1) is 0 Å². The number of amides is 1. The summed E-state index contributed by atoms with van der Waals surface area (Å²) in [5, 5.41) is 8.44. The molecule has 1 aliphatic heterocycles. The second-order valence-electron chi connectivity index (χ2n) is 6.35. The molecule has 0 unspecified atom stereocenters. The minimum Gasteiger partial charge on any atom is -0.307 e. The van der Waals surface area contributed by atoms with E-state index >= 15 is 0 Å². The Morgan fingerprint density at radius 1 is 1.31 bits per heavy atom. The normalized spacial score (nSPS) is 16.2. The van der Waals surface area contributed by atoms with Gasteiger partial charge in [0.15, 0.2) is 0 Å². The van der Waals surface area contributed by atoms with E-state index in [9.17, 15) is 4.79 Å². The Hall–Kier alpha value is -2.03. The fourth-order valence-electron chi connectivity index (χ4n) is 2.72. The van der Waals surface area contributed by atoms with E-state index in [0.29, 0.717) is 15.1 Å².